The lowest BCUT2D eigenvalue weighted by Crippen LogP contribution is -2.58. The Balaban J connectivity index is 1.60. The Kier molecular flexibility index (Phi) is 7.31. The maximum atomic E-state index is 12.9. The summed E-state index contributed by atoms with van der Waals surface area (Å²) in [6, 6.07) is 6.88. The fourth-order valence-electron chi connectivity index (χ4n) is 3.91. The summed E-state index contributed by atoms with van der Waals surface area (Å²) in [5.41, 5.74) is 0.762. The van der Waals surface area contributed by atoms with Crippen LogP contribution in [0.2, 0.25) is 0 Å². The van der Waals surface area contributed by atoms with E-state index in [0.29, 0.717) is 31.3 Å². The van der Waals surface area contributed by atoms with Gasteiger partial charge < -0.3 is 19.9 Å². The van der Waals surface area contributed by atoms with E-state index in [9.17, 15) is 14.4 Å². The number of nitrogens with one attached hydrogen (secondary N) is 1. The van der Waals surface area contributed by atoms with Crippen LogP contribution in [0.15, 0.2) is 24.3 Å². The number of ether oxygens (including phenoxy) is 1. The maximum Gasteiger partial charge on any atom is 0.246 e. The third-order valence-corrected chi connectivity index (χ3v) is 5.74. The van der Waals surface area contributed by atoms with E-state index in [-0.39, 0.29) is 30.7 Å². The first-order valence-corrected chi connectivity index (χ1v) is 10.6. The highest BCUT2D eigenvalue weighted by Crippen LogP contribution is 2.23. The van der Waals surface area contributed by atoms with Crippen molar-refractivity contribution in [2.24, 2.45) is 5.92 Å². The molecule has 1 atom stereocenters. The van der Waals surface area contributed by atoms with Gasteiger partial charge in [-0.05, 0) is 31.0 Å². The molecule has 2 heterocycles. The molecule has 2 fully saturated rings. The van der Waals surface area contributed by atoms with Crippen LogP contribution >= 0.6 is 0 Å². The van der Waals surface area contributed by atoms with Gasteiger partial charge in [-0.3, -0.25) is 19.3 Å². The molecule has 1 N–H and O–H groups in total. The van der Waals surface area contributed by atoms with Crippen molar-refractivity contribution >= 4 is 23.4 Å². The standard InChI is InChI=1S/C22H32N4O4/c1-16(2)7-9-24-10-8-23-22(29)19(24)14-20(27)25-11-12-26(21(28)15-25)17-5-4-6-18(13-17)30-3/h4-6,13,16,19H,7-12,14-15H2,1-3H3,(H,23,29). The molecule has 0 radical (unpaired) electrons. The second-order valence-electron chi connectivity index (χ2n) is 8.29. The van der Waals surface area contributed by atoms with Crippen molar-refractivity contribution in [3.05, 3.63) is 24.3 Å². The molecule has 2 saturated heterocycles. The van der Waals surface area contributed by atoms with Crippen molar-refractivity contribution in [2.75, 3.05) is 51.3 Å². The Hall–Kier alpha value is -2.61. The molecule has 0 saturated carbocycles. The summed E-state index contributed by atoms with van der Waals surface area (Å²) in [5.74, 6) is 0.842. The zero-order valence-corrected chi connectivity index (χ0v) is 18.1. The van der Waals surface area contributed by atoms with E-state index < -0.39 is 6.04 Å². The SMILES string of the molecule is COc1cccc(N2CCN(C(=O)CC3C(=O)NCCN3CCC(C)C)CC2=O)c1. The van der Waals surface area contributed by atoms with E-state index in [1.54, 1.807) is 16.9 Å². The first kappa shape index (κ1) is 22.1. The number of hydrogen-bond donors (Lipinski definition) is 1. The van der Waals surface area contributed by atoms with Gasteiger partial charge in [0.15, 0.2) is 0 Å². The predicted octanol–water partition coefficient (Wildman–Crippen LogP) is 1.11. The van der Waals surface area contributed by atoms with Gasteiger partial charge in [0.2, 0.25) is 17.7 Å². The fourth-order valence-corrected chi connectivity index (χ4v) is 3.91. The van der Waals surface area contributed by atoms with Gasteiger partial charge in [0.05, 0.1) is 19.6 Å². The fraction of sp³-hybridized carbons (Fsp3) is 0.591. The minimum Gasteiger partial charge on any atom is -0.497 e. The Bertz CT molecular complexity index is 782. The molecule has 3 rings (SSSR count). The van der Waals surface area contributed by atoms with Gasteiger partial charge in [-0.25, -0.2) is 0 Å². The topological polar surface area (TPSA) is 82.2 Å². The van der Waals surface area contributed by atoms with Crippen molar-refractivity contribution in [1.29, 1.82) is 0 Å². The Morgan fingerprint density at radius 2 is 2.03 bits per heavy atom. The number of rotatable bonds is 7. The summed E-state index contributed by atoms with van der Waals surface area (Å²) in [6.45, 7) is 7.35. The van der Waals surface area contributed by atoms with Crippen molar-refractivity contribution in [3.63, 3.8) is 0 Å². The first-order chi connectivity index (χ1) is 14.4. The van der Waals surface area contributed by atoms with Crippen molar-refractivity contribution < 1.29 is 19.1 Å². The highest BCUT2D eigenvalue weighted by Gasteiger charge is 2.35. The quantitative estimate of drug-likeness (QED) is 0.720. The van der Waals surface area contributed by atoms with Crippen LogP contribution in [0, 0.1) is 5.92 Å². The highest BCUT2D eigenvalue weighted by atomic mass is 16.5. The van der Waals surface area contributed by atoms with Gasteiger partial charge >= 0.3 is 0 Å². The first-order valence-electron chi connectivity index (χ1n) is 10.6. The largest absolute Gasteiger partial charge is 0.497 e. The van der Waals surface area contributed by atoms with E-state index >= 15 is 0 Å². The molecule has 0 aromatic heterocycles. The van der Waals surface area contributed by atoms with Gasteiger partial charge in [-0.1, -0.05) is 19.9 Å². The number of methoxy groups -OCH3 is 1. The van der Waals surface area contributed by atoms with Crippen molar-refractivity contribution in [3.8, 4) is 5.75 Å². The smallest absolute Gasteiger partial charge is 0.246 e. The molecule has 0 bridgehead atoms. The molecule has 30 heavy (non-hydrogen) atoms. The Morgan fingerprint density at radius 1 is 1.23 bits per heavy atom. The minimum absolute atomic E-state index is 0.0242. The van der Waals surface area contributed by atoms with Crippen LogP contribution in [0.3, 0.4) is 0 Å². The molecule has 1 aromatic rings. The molecule has 164 valence electrons. The molecular weight excluding hydrogens is 384 g/mol. The zero-order valence-electron chi connectivity index (χ0n) is 18.1. The van der Waals surface area contributed by atoms with Crippen LogP contribution in [0.5, 0.6) is 5.75 Å². The van der Waals surface area contributed by atoms with Gasteiger partial charge in [-0.15, -0.1) is 0 Å². The maximum absolute atomic E-state index is 12.9. The number of carbonyl (C=O) groups excluding carboxylic acids is 3. The molecule has 0 spiro atoms. The number of benzene rings is 1. The normalized spacial score (nSPS) is 20.5. The Morgan fingerprint density at radius 3 is 2.73 bits per heavy atom. The van der Waals surface area contributed by atoms with Crippen LogP contribution < -0.4 is 15.0 Å². The van der Waals surface area contributed by atoms with Crippen LogP contribution in [-0.4, -0.2) is 79.9 Å². The van der Waals surface area contributed by atoms with Gasteiger partial charge in [-0.2, -0.15) is 0 Å². The highest BCUT2D eigenvalue weighted by molar-refractivity contribution is 5.98. The molecule has 3 amide bonds. The molecule has 8 heteroatoms. The number of piperazine rings is 2. The summed E-state index contributed by atoms with van der Waals surface area (Å²) in [4.78, 5) is 43.4. The van der Waals surface area contributed by atoms with Crippen LogP contribution in [0.25, 0.3) is 0 Å². The summed E-state index contributed by atoms with van der Waals surface area (Å²) in [5, 5.41) is 2.87. The second kappa shape index (κ2) is 9.93. The zero-order chi connectivity index (χ0) is 21.7. The van der Waals surface area contributed by atoms with E-state index in [1.165, 1.54) is 0 Å². The molecule has 2 aliphatic rings. The Labute approximate surface area is 178 Å². The van der Waals surface area contributed by atoms with Crippen molar-refractivity contribution in [2.45, 2.75) is 32.7 Å². The number of hydrogen-bond acceptors (Lipinski definition) is 5. The number of anilines is 1. The minimum atomic E-state index is -0.462. The van der Waals surface area contributed by atoms with Crippen LogP contribution in [0.4, 0.5) is 5.69 Å². The lowest BCUT2D eigenvalue weighted by Gasteiger charge is -2.38. The lowest BCUT2D eigenvalue weighted by atomic mass is 10.0. The average molecular weight is 417 g/mol. The van der Waals surface area contributed by atoms with E-state index in [1.807, 2.05) is 24.3 Å². The van der Waals surface area contributed by atoms with E-state index in [0.717, 1.165) is 25.2 Å². The predicted molar refractivity (Wildman–Crippen MR) is 114 cm³/mol. The lowest BCUT2D eigenvalue weighted by molar-refractivity contribution is -0.141. The number of carbonyl (C=O) groups is 3. The molecule has 0 aliphatic carbocycles. The van der Waals surface area contributed by atoms with Gasteiger partial charge in [0, 0.05) is 37.9 Å². The molecule has 8 nitrogen and oxygen atoms in total. The third kappa shape index (κ3) is 5.30. The van der Waals surface area contributed by atoms with Crippen LogP contribution in [0.1, 0.15) is 26.7 Å². The van der Waals surface area contributed by atoms with Crippen molar-refractivity contribution in [1.82, 2.24) is 15.1 Å². The molecule has 1 aromatic carbocycles. The summed E-state index contributed by atoms with van der Waals surface area (Å²) in [6.07, 6.45) is 1.09. The number of nitrogens with zero attached hydrogens (tertiary/aromatic N) is 3. The van der Waals surface area contributed by atoms with Gasteiger partial charge in [0.25, 0.3) is 0 Å². The third-order valence-electron chi connectivity index (χ3n) is 5.74. The van der Waals surface area contributed by atoms with Crippen LogP contribution in [-0.2, 0) is 14.4 Å². The van der Waals surface area contributed by atoms with E-state index in [4.69, 9.17) is 4.74 Å². The number of amides is 3. The summed E-state index contributed by atoms with van der Waals surface area (Å²) >= 11 is 0. The van der Waals surface area contributed by atoms with Gasteiger partial charge in [0.1, 0.15) is 12.3 Å². The molecular formula is C22H32N4O4. The molecule has 2 aliphatic heterocycles. The monoisotopic (exact) mass is 416 g/mol. The average Bonchev–Trinajstić information content (AvgIpc) is 2.74. The molecule has 1 unspecified atom stereocenters. The summed E-state index contributed by atoms with van der Waals surface area (Å²) < 4.78 is 5.23. The summed E-state index contributed by atoms with van der Waals surface area (Å²) in [7, 11) is 1.59. The van der Waals surface area contributed by atoms with E-state index in [2.05, 4.69) is 24.1 Å². The second-order valence-corrected chi connectivity index (χ2v) is 8.29.